The lowest BCUT2D eigenvalue weighted by Gasteiger charge is -2.14. The third-order valence-electron chi connectivity index (χ3n) is 4.54. The molecule has 1 unspecified atom stereocenters. The molecule has 1 amide bonds. The summed E-state index contributed by atoms with van der Waals surface area (Å²) >= 11 is 0. The first kappa shape index (κ1) is 20.5. The van der Waals surface area contributed by atoms with Crippen molar-refractivity contribution in [3.05, 3.63) is 87.7 Å². The number of carbonyl (C=O) groups excluding carboxylic acids is 1. The van der Waals surface area contributed by atoms with Crippen LogP contribution in [0.5, 0.6) is 0 Å². The smallest absolute Gasteiger partial charge is 0.261 e. The van der Waals surface area contributed by atoms with E-state index in [1.165, 1.54) is 18.2 Å². The Morgan fingerprint density at radius 2 is 1.76 bits per heavy atom. The van der Waals surface area contributed by atoms with Gasteiger partial charge in [-0.3, -0.25) is 9.59 Å². The molecule has 1 heterocycles. The summed E-state index contributed by atoms with van der Waals surface area (Å²) in [7, 11) is -3.78. The van der Waals surface area contributed by atoms with Crippen LogP contribution in [0.15, 0.2) is 70.4 Å². The highest BCUT2D eigenvalue weighted by Gasteiger charge is 2.16. The number of sulfonamides is 1. The van der Waals surface area contributed by atoms with Crippen LogP contribution in [0.2, 0.25) is 0 Å². The lowest BCUT2D eigenvalue weighted by molar-refractivity contribution is 0.0938. The summed E-state index contributed by atoms with van der Waals surface area (Å²) in [5, 5.41) is 7.82. The van der Waals surface area contributed by atoms with E-state index in [9.17, 15) is 18.0 Å². The normalized spacial score (nSPS) is 12.4. The summed E-state index contributed by atoms with van der Waals surface area (Å²) in [6.45, 7) is 3.69. The van der Waals surface area contributed by atoms with Crippen molar-refractivity contribution in [2.45, 2.75) is 24.8 Å². The van der Waals surface area contributed by atoms with Gasteiger partial charge in [-0.05, 0) is 55.3 Å². The molecule has 0 bridgehead atoms. The molecule has 3 aromatic rings. The topological polar surface area (TPSA) is 122 Å². The van der Waals surface area contributed by atoms with Crippen molar-refractivity contribution in [3.63, 3.8) is 0 Å². The predicted molar refractivity (Wildman–Crippen MR) is 111 cm³/mol. The number of benzene rings is 2. The number of carbonyl (C=O) groups is 1. The average molecular weight is 411 g/mol. The summed E-state index contributed by atoms with van der Waals surface area (Å²) in [5.41, 5.74) is 2.73. The van der Waals surface area contributed by atoms with Crippen LogP contribution in [0.25, 0.3) is 11.3 Å². The Balaban J connectivity index is 1.77. The monoisotopic (exact) mass is 411 g/mol. The molecule has 0 aliphatic heterocycles. The quantitative estimate of drug-likeness (QED) is 0.597. The van der Waals surface area contributed by atoms with Crippen LogP contribution in [0.3, 0.4) is 0 Å². The highest BCUT2D eigenvalue weighted by Crippen LogP contribution is 2.18. The summed E-state index contributed by atoms with van der Waals surface area (Å²) in [6.07, 6.45) is 0. The third kappa shape index (κ3) is 4.79. The van der Waals surface area contributed by atoms with E-state index < -0.39 is 27.5 Å². The minimum Gasteiger partial charge on any atom is -0.345 e. The van der Waals surface area contributed by atoms with Gasteiger partial charge in [0.15, 0.2) is 0 Å². The van der Waals surface area contributed by atoms with E-state index in [1.807, 2.05) is 31.2 Å². The second-order valence-corrected chi connectivity index (χ2v) is 8.35. The van der Waals surface area contributed by atoms with Gasteiger partial charge in [0.1, 0.15) is 5.56 Å². The fourth-order valence-corrected chi connectivity index (χ4v) is 3.45. The van der Waals surface area contributed by atoms with Crippen molar-refractivity contribution in [1.82, 2.24) is 10.3 Å². The first-order chi connectivity index (χ1) is 13.6. The number of nitrogens with two attached hydrogens (primary N) is 1. The lowest BCUT2D eigenvalue weighted by atomic mass is 10.1. The molecule has 7 nitrogen and oxygen atoms in total. The Kier molecular flexibility index (Phi) is 5.67. The van der Waals surface area contributed by atoms with E-state index in [-0.39, 0.29) is 10.5 Å². The molecule has 0 saturated heterocycles. The third-order valence-corrected chi connectivity index (χ3v) is 5.47. The number of primary sulfonamides is 1. The average Bonchev–Trinajstić information content (AvgIpc) is 2.67. The number of nitrogens with one attached hydrogen (secondary N) is 2. The van der Waals surface area contributed by atoms with E-state index in [0.717, 1.165) is 11.1 Å². The van der Waals surface area contributed by atoms with Crippen molar-refractivity contribution in [2.75, 3.05) is 0 Å². The van der Waals surface area contributed by atoms with Gasteiger partial charge < -0.3 is 10.3 Å². The van der Waals surface area contributed by atoms with Crippen LogP contribution in [0, 0.1) is 6.92 Å². The summed E-state index contributed by atoms with van der Waals surface area (Å²) < 4.78 is 22.7. The van der Waals surface area contributed by atoms with Crippen LogP contribution in [-0.4, -0.2) is 19.3 Å². The van der Waals surface area contributed by atoms with Gasteiger partial charge in [-0.2, -0.15) is 0 Å². The van der Waals surface area contributed by atoms with Crippen LogP contribution in [-0.2, 0) is 10.0 Å². The molecular weight excluding hydrogens is 390 g/mol. The second kappa shape index (κ2) is 8.02. The number of rotatable bonds is 5. The number of pyridine rings is 1. The van der Waals surface area contributed by atoms with Crippen molar-refractivity contribution < 1.29 is 13.2 Å². The Bertz CT molecular complexity index is 1220. The summed E-state index contributed by atoms with van der Waals surface area (Å²) in [4.78, 5) is 27.7. The Labute approximate surface area is 168 Å². The van der Waals surface area contributed by atoms with Gasteiger partial charge >= 0.3 is 0 Å². The number of aromatic nitrogens is 1. The first-order valence-electron chi connectivity index (χ1n) is 8.89. The number of amides is 1. The zero-order valence-corrected chi connectivity index (χ0v) is 16.8. The van der Waals surface area contributed by atoms with Gasteiger partial charge in [0.2, 0.25) is 10.0 Å². The zero-order valence-electron chi connectivity index (χ0n) is 16.0. The van der Waals surface area contributed by atoms with E-state index in [2.05, 4.69) is 10.3 Å². The fourth-order valence-electron chi connectivity index (χ4n) is 2.94. The van der Waals surface area contributed by atoms with Gasteiger partial charge in [0, 0.05) is 5.69 Å². The van der Waals surface area contributed by atoms with E-state index >= 15 is 0 Å². The Morgan fingerprint density at radius 3 is 2.34 bits per heavy atom. The molecule has 3 rings (SSSR count). The number of H-pyrrole nitrogens is 1. The SMILES string of the molecule is Cc1cccc(-c2ccc(C(=O)NC(C)c3ccc(S(N)(=O)=O)cc3)c(=O)[nH]2)c1. The maximum Gasteiger partial charge on any atom is 0.261 e. The van der Waals surface area contributed by atoms with Gasteiger partial charge in [-0.15, -0.1) is 0 Å². The molecule has 8 heteroatoms. The van der Waals surface area contributed by atoms with Crippen LogP contribution >= 0.6 is 0 Å². The zero-order chi connectivity index (χ0) is 21.2. The predicted octanol–water partition coefficient (Wildman–Crippen LogP) is 2.49. The number of aryl methyl sites for hydroxylation is 1. The van der Waals surface area contributed by atoms with E-state index in [4.69, 9.17) is 5.14 Å². The molecule has 0 saturated carbocycles. The number of hydrogen-bond donors (Lipinski definition) is 3. The maximum absolute atomic E-state index is 12.5. The van der Waals surface area contributed by atoms with Crippen molar-refractivity contribution >= 4 is 15.9 Å². The standard InChI is InChI=1S/C21H21N3O4S/c1-13-4-3-5-16(12-13)19-11-10-18(21(26)24-19)20(25)23-14(2)15-6-8-17(9-7-15)29(22,27)28/h3-12,14H,1-2H3,(H,23,25)(H,24,26)(H2,22,27,28). The molecule has 4 N–H and O–H groups in total. The molecule has 1 atom stereocenters. The van der Waals surface area contributed by atoms with E-state index in [1.54, 1.807) is 25.1 Å². The largest absolute Gasteiger partial charge is 0.345 e. The first-order valence-corrected chi connectivity index (χ1v) is 10.4. The minimum absolute atomic E-state index is 0.00518. The molecule has 0 spiro atoms. The summed E-state index contributed by atoms with van der Waals surface area (Å²) in [6, 6.07) is 16.3. The fraction of sp³-hybridized carbons (Fsp3) is 0.143. The molecule has 1 aromatic heterocycles. The summed E-state index contributed by atoms with van der Waals surface area (Å²) in [5.74, 6) is -0.523. The maximum atomic E-state index is 12.5. The van der Waals surface area contributed by atoms with Gasteiger partial charge in [-0.1, -0.05) is 35.9 Å². The molecular formula is C21H21N3O4S. The van der Waals surface area contributed by atoms with Gasteiger partial charge in [0.05, 0.1) is 10.9 Å². The van der Waals surface area contributed by atoms with Gasteiger partial charge in [-0.25, -0.2) is 13.6 Å². The molecule has 0 radical (unpaired) electrons. The van der Waals surface area contributed by atoms with Crippen LogP contribution in [0.1, 0.15) is 34.5 Å². The van der Waals surface area contributed by atoms with Gasteiger partial charge in [0.25, 0.3) is 11.5 Å². The molecule has 0 aliphatic rings. The number of aromatic amines is 1. The van der Waals surface area contributed by atoms with E-state index in [0.29, 0.717) is 11.3 Å². The second-order valence-electron chi connectivity index (χ2n) is 6.79. The molecule has 150 valence electrons. The number of hydrogen-bond acceptors (Lipinski definition) is 4. The van der Waals surface area contributed by atoms with Crippen molar-refractivity contribution in [2.24, 2.45) is 5.14 Å². The highest BCUT2D eigenvalue weighted by atomic mass is 32.2. The molecule has 0 fully saturated rings. The molecule has 0 aliphatic carbocycles. The Hall–Kier alpha value is -3.23. The lowest BCUT2D eigenvalue weighted by Crippen LogP contribution is -2.31. The van der Waals surface area contributed by atoms with Crippen molar-refractivity contribution in [3.8, 4) is 11.3 Å². The van der Waals surface area contributed by atoms with Crippen LogP contribution in [0.4, 0.5) is 0 Å². The minimum atomic E-state index is -3.78. The van der Waals surface area contributed by atoms with Crippen molar-refractivity contribution in [1.29, 1.82) is 0 Å². The molecule has 2 aromatic carbocycles. The highest BCUT2D eigenvalue weighted by molar-refractivity contribution is 7.89. The molecule has 29 heavy (non-hydrogen) atoms. The van der Waals surface area contributed by atoms with Crippen LogP contribution < -0.4 is 16.0 Å². The Morgan fingerprint density at radius 1 is 1.07 bits per heavy atom.